The van der Waals surface area contributed by atoms with Crippen molar-refractivity contribution in [1.82, 2.24) is 0 Å². The van der Waals surface area contributed by atoms with Crippen LogP contribution in [0, 0.1) is 12.8 Å². The van der Waals surface area contributed by atoms with Crippen LogP contribution in [0.2, 0.25) is 0 Å². The van der Waals surface area contributed by atoms with Crippen molar-refractivity contribution >= 4 is 17.5 Å². The number of Topliss-reactive ketones (excluding diaryl/α,β-unsaturated/α-hetero) is 1. The van der Waals surface area contributed by atoms with E-state index in [2.05, 4.69) is 31.2 Å². The molecule has 82 valence electrons. The molecular weight excluding hydrogens is 204 g/mol. The molecule has 1 aromatic carbocycles. The first-order valence-corrected chi connectivity index (χ1v) is 6.41. The van der Waals surface area contributed by atoms with Crippen LogP contribution >= 0.6 is 11.8 Å². The molecule has 0 aliphatic heterocycles. The lowest BCUT2D eigenvalue weighted by Crippen LogP contribution is -2.09. The average molecular weight is 222 g/mol. The highest BCUT2D eigenvalue weighted by molar-refractivity contribution is 7.99. The molecule has 0 saturated heterocycles. The fraction of sp³-hybridized carbons (Fsp3) is 0.462. The molecule has 0 fully saturated rings. The van der Waals surface area contributed by atoms with Crippen LogP contribution in [0.15, 0.2) is 24.3 Å². The van der Waals surface area contributed by atoms with E-state index in [1.807, 2.05) is 13.8 Å². The molecule has 0 bridgehead atoms. The average Bonchev–Trinajstić information content (AvgIpc) is 2.17. The lowest BCUT2D eigenvalue weighted by atomic mass is 10.1. The molecule has 1 nitrogen and oxygen atoms in total. The van der Waals surface area contributed by atoms with Crippen LogP contribution in [-0.2, 0) is 10.5 Å². The molecule has 0 aliphatic rings. The maximum absolute atomic E-state index is 11.4. The summed E-state index contributed by atoms with van der Waals surface area (Å²) in [6.45, 7) is 6.00. The van der Waals surface area contributed by atoms with Crippen molar-refractivity contribution < 1.29 is 4.79 Å². The van der Waals surface area contributed by atoms with Gasteiger partial charge in [0.1, 0.15) is 5.78 Å². The van der Waals surface area contributed by atoms with Crippen LogP contribution in [0.1, 0.15) is 25.0 Å². The van der Waals surface area contributed by atoms with Crippen LogP contribution in [0.5, 0.6) is 0 Å². The van der Waals surface area contributed by atoms with Crippen molar-refractivity contribution in [2.75, 3.05) is 5.75 Å². The molecule has 0 aliphatic carbocycles. The highest BCUT2D eigenvalue weighted by atomic mass is 32.2. The minimum Gasteiger partial charge on any atom is -0.298 e. The van der Waals surface area contributed by atoms with Gasteiger partial charge < -0.3 is 0 Å². The number of hydrogen-bond acceptors (Lipinski definition) is 2. The summed E-state index contributed by atoms with van der Waals surface area (Å²) in [6, 6.07) is 8.44. The summed E-state index contributed by atoms with van der Waals surface area (Å²) in [4.78, 5) is 11.4. The van der Waals surface area contributed by atoms with Gasteiger partial charge in [-0.15, -0.1) is 11.8 Å². The third kappa shape index (κ3) is 4.52. The summed E-state index contributed by atoms with van der Waals surface area (Å²) in [5.74, 6) is 2.06. The van der Waals surface area contributed by atoms with E-state index in [1.54, 1.807) is 11.8 Å². The van der Waals surface area contributed by atoms with E-state index in [1.165, 1.54) is 11.1 Å². The summed E-state index contributed by atoms with van der Waals surface area (Å²) >= 11 is 1.70. The molecule has 0 atom stereocenters. The third-order valence-corrected chi connectivity index (χ3v) is 3.27. The lowest BCUT2D eigenvalue weighted by molar-refractivity contribution is -0.119. The molecule has 0 N–H and O–H groups in total. The van der Waals surface area contributed by atoms with Crippen LogP contribution in [-0.4, -0.2) is 11.5 Å². The monoisotopic (exact) mass is 222 g/mol. The van der Waals surface area contributed by atoms with Crippen molar-refractivity contribution in [2.45, 2.75) is 26.5 Å². The van der Waals surface area contributed by atoms with Crippen LogP contribution in [0.4, 0.5) is 0 Å². The maximum Gasteiger partial charge on any atom is 0.145 e. The summed E-state index contributed by atoms with van der Waals surface area (Å²) in [7, 11) is 0. The van der Waals surface area contributed by atoms with E-state index >= 15 is 0 Å². The zero-order valence-electron chi connectivity index (χ0n) is 9.62. The molecule has 0 saturated carbocycles. The van der Waals surface area contributed by atoms with Crippen molar-refractivity contribution in [2.24, 2.45) is 5.92 Å². The number of hydrogen-bond donors (Lipinski definition) is 0. The van der Waals surface area contributed by atoms with Crippen LogP contribution in [0.3, 0.4) is 0 Å². The number of benzene rings is 1. The van der Waals surface area contributed by atoms with Gasteiger partial charge in [0.2, 0.25) is 0 Å². The Morgan fingerprint density at radius 1 is 1.40 bits per heavy atom. The third-order valence-electron chi connectivity index (χ3n) is 2.24. The number of aryl methyl sites for hydroxylation is 1. The van der Waals surface area contributed by atoms with E-state index in [9.17, 15) is 4.79 Å². The number of thioether (sulfide) groups is 1. The highest BCUT2D eigenvalue weighted by Gasteiger charge is 2.06. The first kappa shape index (κ1) is 12.3. The first-order valence-electron chi connectivity index (χ1n) is 5.25. The second kappa shape index (κ2) is 5.96. The Balaban J connectivity index is 2.35. The molecule has 2 heteroatoms. The van der Waals surface area contributed by atoms with Crippen molar-refractivity contribution in [3.05, 3.63) is 35.4 Å². The van der Waals surface area contributed by atoms with E-state index < -0.39 is 0 Å². The standard InChI is InChI=1S/C13H18OS/c1-10(2)13(14)9-15-8-12-6-4-5-11(3)7-12/h4-7,10H,8-9H2,1-3H3. The zero-order chi connectivity index (χ0) is 11.3. The largest absolute Gasteiger partial charge is 0.298 e. The van der Waals surface area contributed by atoms with Gasteiger partial charge in [-0.2, -0.15) is 0 Å². The van der Waals surface area contributed by atoms with Gasteiger partial charge >= 0.3 is 0 Å². The summed E-state index contributed by atoms with van der Waals surface area (Å²) in [5, 5.41) is 0. The summed E-state index contributed by atoms with van der Waals surface area (Å²) in [5.41, 5.74) is 2.58. The van der Waals surface area contributed by atoms with Crippen LogP contribution in [0.25, 0.3) is 0 Å². The molecule has 0 aromatic heterocycles. The molecular formula is C13H18OS. The van der Waals surface area contributed by atoms with Gasteiger partial charge in [-0.25, -0.2) is 0 Å². The van der Waals surface area contributed by atoms with Gasteiger partial charge in [0.25, 0.3) is 0 Å². The molecule has 0 unspecified atom stereocenters. The Bertz CT molecular complexity index is 331. The number of carbonyl (C=O) groups excluding carboxylic acids is 1. The van der Waals surface area contributed by atoms with Gasteiger partial charge in [-0.1, -0.05) is 43.7 Å². The Morgan fingerprint density at radius 3 is 2.73 bits per heavy atom. The molecule has 1 rings (SSSR count). The second-order valence-electron chi connectivity index (χ2n) is 4.10. The van der Waals surface area contributed by atoms with Gasteiger partial charge in [0.05, 0.1) is 5.75 Å². The Hall–Kier alpha value is -0.760. The van der Waals surface area contributed by atoms with Gasteiger partial charge in [-0.3, -0.25) is 4.79 Å². The zero-order valence-corrected chi connectivity index (χ0v) is 10.4. The van der Waals surface area contributed by atoms with E-state index in [0.717, 1.165) is 5.75 Å². The fourth-order valence-electron chi connectivity index (χ4n) is 1.24. The molecule has 0 heterocycles. The smallest absolute Gasteiger partial charge is 0.145 e. The summed E-state index contributed by atoms with van der Waals surface area (Å²) in [6.07, 6.45) is 0. The Kier molecular flexibility index (Phi) is 4.89. The van der Waals surface area contributed by atoms with Gasteiger partial charge in [0, 0.05) is 11.7 Å². The van der Waals surface area contributed by atoms with E-state index in [0.29, 0.717) is 11.5 Å². The Morgan fingerprint density at radius 2 is 2.13 bits per heavy atom. The minimum atomic E-state index is 0.162. The molecule has 0 radical (unpaired) electrons. The van der Waals surface area contributed by atoms with Crippen molar-refractivity contribution in [3.8, 4) is 0 Å². The molecule has 0 spiro atoms. The van der Waals surface area contributed by atoms with E-state index in [4.69, 9.17) is 0 Å². The first-order chi connectivity index (χ1) is 7.09. The quantitative estimate of drug-likeness (QED) is 0.759. The normalized spacial score (nSPS) is 10.7. The number of ketones is 1. The predicted molar refractivity (Wildman–Crippen MR) is 67.2 cm³/mol. The van der Waals surface area contributed by atoms with Gasteiger partial charge in [-0.05, 0) is 12.5 Å². The van der Waals surface area contributed by atoms with Crippen LogP contribution < -0.4 is 0 Å². The second-order valence-corrected chi connectivity index (χ2v) is 5.09. The molecule has 0 amide bonds. The van der Waals surface area contributed by atoms with Gasteiger partial charge in [0.15, 0.2) is 0 Å². The predicted octanol–water partition coefficient (Wildman–Crippen LogP) is 3.45. The fourth-order valence-corrected chi connectivity index (χ4v) is 2.29. The Labute approximate surface area is 96.3 Å². The SMILES string of the molecule is Cc1cccc(CSCC(=O)C(C)C)c1. The van der Waals surface area contributed by atoms with Crippen molar-refractivity contribution in [3.63, 3.8) is 0 Å². The minimum absolute atomic E-state index is 0.162. The summed E-state index contributed by atoms with van der Waals surface area (Å²) < 4.78 is 0. The maximum atomic E-state index is 11.4. The lowest BCUT2D eigenvalue weighted by Gasteiger charge is -2.04. The topological polar surface area (TPSA) is 17.1 Å². The molecule has 15 heavy (non-hydrogen) atoms. The number of rotatable bonds is 5. The van der Waals surface area contributed by atoms with Crippen molar-refractivity contribution in [1.29, 1.82) is 0 Å². The molecule has 1 aromatic rings. The van der Waals surface area contributed by atoms with E-state index in [-0.39, 0.29) is 5.92 Å². The number of carbonyl (C=O) groups is 1. The highest BCUT2D eigenvalue weighted by Crippen LogP contribution is 2.14.